The van der Waals surface area contributed by atoms with Crippen LogP contribution in [-0.2, 0) is 0 Å². The Labute approximate surface area is 248 Å². The largest absolute Gasteiger partial charge is 0.495 e. The Kier molecular flexibility index (Phi) is 8.52. The highest BCUT2D eigenvalue weighted by molar-refractivity contribution is 7.21. The first-order valence-corrected chi connectivity index (χ1v) is 13.9. The topological polar surface area (TPSA) is 140 Å². The molecule has 5 rings (SSSR count). The van der Waals surface area contributed by atoms with Gasteiger partial charge >= 0.3 is 6.09 Å². The summed E-state index contributed by atoms with van der Waals surface area (Å²) < 4.78 is 31.6. The molecule has 0 saturated heterocycles. The number of anilines is 1. The molecule has 0 saturated carbocycles. The Morgan fingerprint density at radius 2 is 1.98 bits per heavy atom. The molecule has 218 valence electrons. The van der Waals surface area contributed by atoms with E-state index in [2.05, 4.69) is 19.9 Å². The van der Waals surface area contributed by atoms with Crippen LogP contribution < -0.4 is 19.1 Å². The Bertz CT molecular complexity index is 1770. The molecule has 14 heteroatoms. The maximum absolute atomic E-state index is 15.2. The van der Waals surface area contributed by atoms with Crippen molar-refractivity contribution >= 4 is 56.0 Å². The zero-order chi connectivity index (χ0) is 30.0. The number of carbonyl (C=O) groups is 1. The van der Waals surface area contributed by atoms with Gasteiger partial charge in [-0.3, -0.25) is 9.88 Å². The Morgan fingerprint density at radius 3 is 2.71 bits per heavy atom. The molecule has 0 aliphatic heterocycles. The standard InChI is InChI=1S/C28H25ClFN5O6S/c1-14(35(28(37)38)18-4-5-31-23(11-18)40-7-6-36)15(2)41-25-21(30)12-22-27(34-25)42-26(33-22)20-10-17(29)8-16-9-19(39-3)13-32-24(16)20/h4-5,8-15,36H,6-7H2,1-3H3,(H,37,38)/t14-,15+/m1/s1. The van der Waals surface area contributed by atoms with Crippen molar-refractivity contribution in [3.05, 3.63) is 59.6 Å². The number of amides is 1. The van der Waals surface area contributed by atoms with Crippen LogP contribution in [0.4, 0.5) is 14.9 Å². The molecule has 0 spiro atoms. The Balaban J connectivity index is 1.43. The fourth-order valence-corrected chi connectivity index (χ4v) is 5.43. The third kappa shape index (κ3) is 5.98. The van der Waals surface area contributed by atoms with Gasteiger partial charge in [0.05, 0.1) is 37.2 Å². The lowest BCUT2D eigenvalue weighted by atomic mass is 10.1. The van der Waals surface area contributed by atoms with E-state index in [0.29, 0.717) is 37.2 Å². The van der Waals surface area contributed by atoms with Crippen molar-refractivity contribution in [3.63, 3.8) is 0 Å². The van der Waals surface area contributed by atoms with E-state index in [0.717, 1.165) is 10.3 Å². The molecule has 1 aromatic carbocycles. The number of hydrogen-bond acceptors (Lipinski definition) is 10. The van der Waals surface area contributed by atoms with Crippen LogP contribution in [-0.4, -0.2) is 68.7 Å². The number of thiazole rings is 1. The predicted octanol–water partition coefficient (Wildman–Crippen LogP) is 5.81. The summed E-state index contributed by atoms with van der Waals surface area (Å²) in [5, 5.41) is 20.7. The van der Waals surface area contributed by atoms with Gasteiger partial charge in [-0.05, 0) is 38.1 Å². The SMILES string of the molecule is COc1cnc2c(-c3nc4cc(F)c(O[C@@H](C)[C@@H](C)N(C(=O)O)c5ccnc(OCCO)c5)nc4s3)cc(Cl)cc2c1. The van der Waals surface area contributed by atoms with Crippen LogP contribution in [0.3, 0.4) is 0 Å². The fraction of sp³-hybridized carbons (Fsp3) is 0.250. The molecule has 4 heterocycles. The number of rotatable bonds is 10. The normalized spacial score (nSPS) is 12.7. The lowest BCUT2D eigenvalue weighted by molar-refractivity contribution is 0.162. The van der Waals surface area contributed by atoms with E-state index < -0.39 is 24.1 Å². The summed E-state index contributed by atoms with van der Waals surface area (Å²) in [4.78, 5) is 31.1. The van der Waals surface area contributed by atoms with Crippen molar-refractivity contribution in [2.75, 3.05) is 25.2 Å². The number of benzene rings is 1. The second-order valence-corrected chi connectivity index (χ2v) is 10.6. The summed E-state index contributed by atoms with van der Waals surface area (Å²) in [5.41, 5.74) is 1.89. The number of ether oxygens (including phenoxy) is 3. The van der Waals surface area contributed by atoms with Gasteiger partial charge in [0, 0.05) is 34.3 Å². The summed E-state index contributed by atoms with van der Waals surface area (Å²) in [6.07, 6.45) is 0.906. The molecule has 0 aliphatic rings. The van der Waals surface area contributed by atoms with E-state index in [4.69, 9.17) is 30.9 Å². The van der Waals surface area contributed by atoms with Crippen molar-refractivity contribution in [3.8, 4) is 28.1 Å². The predicted molar refractivity (Wildman–Crippen MR) is 157 cm³/mol. The highest BCUT2D eigenvalue weighted by atomic mass is 35.5. The molecule has 0 bridgehead atoms. The van der Waals surface area contributed by atoms with E-state index in [1.54, 1.807) is 39.3 Å². The Hall–Kier alpha value is -4.33. The summed E-state index contributed by atoms with van der Waals surface area (Å²) in [6.45, 7) is 3.03. The second kappa shape index (κ2) is 12.3. The van der Waals surface area contributed by atoms with Crippen LogP contribution in [0.5, 0.6) is 17.5 Å². The lowest BCUT2D eigenvalue weighted by Gasteiger charge is -2.31. The molecular weight excluding hydrogens is 589 g/mol. The number of aliphatic hydroxyl groups excluding tert-OH is 1. The van der Waals surface area contributed by atoms with Gasteiger partial charge in [-0.15, -0.1) is 0 Å². The minimum Gasteiger partial charge on any atom is -0.495 e. The maximum atomic E-state index is 15.2. The lowest BCUT2D eigenvalue weighted by Crippen LogP contribution is -2.46. The quantitative estimate of drug-likeness (QED) is 0.198. The summed E-state index contributed by atoms with van der Waals surface area (Å²) in [5.74, 6) is -0.310. The van der Waals surface area contributed by atoms with Crippen LogP contribution >= 0.6 is 22.9 Å². The molecule has 0 radical (unpaired) electrons. The number of methoxy groups -OCH3 is 1. The Morgan fingerprint density at radius 1 is 1.17 bits per heavy atom. The van der Waals surface area contributed by atoms with Gasteiger partial charge < -0.3 is 24.4 Å². The van der Waals surface area contributed by atoms with Crippen molar-refractivity contribution in [2.24, 2.45) is 0 Å². The minimum absolute atomic E-state index is 0.00407. The molecular formula is C28H25ClFN5O6S. The number of halogens is 2. The molecule has 11 nitrogen and oxygen atoms in total. The van der Waals surface area contributed by atoms with Gasteiger partial charge in [0.2, 0.25) is 5.88 Å². The average molecular weight is 614 g/mol. The third-order valence-corrected chi connectivity index (χ3v) is 7.64. The van der Waals surface area contributed by atoms with Gasteiger partial charge in [-0.2, -0.15) is 4.98 Å². The molecule has 0 aliphatic carbocycles. The zero-order valence-electron chi connectivity index (χ0n) is 22.6. The minimum atomic E-state index is -1.26. The molecule has 0 unspecified atom stereocenters. The van der Waals surface area contributed by atoms with Crippen molar-refractivity contribution < 1.29 is 33.6 Å². The maximum Gasteiger partial charge on any atom is 0.412 e. The first-order valence-electron chi connectivity index (χ1n) is 12.7. The van der Waals surface area contributed by atoms with Gasteiger partial charge in [0.15, 0.2) is 5.82 Å². The average Bonchev–Trinajstić information content (AvgIpc) is 3.37. The van der Waals surface area contributed by atoms with Crippen molar-refractivity contribution in [1.29, 1.82) is 0 Å². The summed E-state index contributed by atoms with van der Waals surface area (Å²) in [7, 11) is 1.55. The third-order valence-electron chi connectivity index (χ3n) is 6.42. The summed E-state index contributed by atoms with van der Waals surface area (Å²) >= 11 is 7.59. The van der Waals surface area contributed by atoms with Gasteiger partial charge in [-0.1, -0.05) is 22.9 Å². The smallest absolute Gasteiger partial charge is 0.412 e. The second-order valence-electron chi connectivity index (χ2n) is 9.16. The number of carboxylic acid groups (broad SMARTS) is 1. The molecule has 4 aromatic heterocycles. The molecule has 42 heavy (non-hydrogen) atoms. The molecule has 5 aromatic rings. The van der Waals surface area contributed by atoms with E-state index >= 15 is 4.39 Å². The van der Waals surface area contributed by atoms with Crippen LogP contribution in [0.25, 0.3) is 31.8 Å². The molecule has 2 atom stereocenters. The van der Waals surface area contributed by atoms with E-state index in [9.17, 15) is 9.90 Å². The van der Waals surface area contributed by atoms with Crippen LogP contribution in [0.2, 0.25) is 5.02 Å². The van der Waals surface area contributed by atoms with Crippen LogP contribution in [0.1, 0.15) is 13.8 Å². The highest BCUT2D eigenvalue weighted by Crippen LogP contribution is 2.37. The van der Waals surface area contributed by atoms with Crippen molar-refractivity contribution in [2.45, 2.75) is 26.0 Å². The first kappa shape index (κ1) is 29.2. The van der Waals surface area contributed by atoms with E-state index in [1.807, 2.05) is 6.07 Å². The monoisotopic (exact) mass is 613 g/mol. The zero-order valence-corrected chi connectivity index (χ0v) is 24.2. The first-order chi connectivity index (χ1) is 20.2. The van der Waals surface area contributed by atoms with Crippen LogP contribution in [0.15, 0.2) is 48.8 Å². The van der Waals surface area contributed by atoms with E-state index in [-0.39, 0.29) is 30.7 Å². The number of pyridine rings is 3. The highest BCUT2D eigenvalue weighted by Gasteiger charge is 2.29. The number of fused-ring (bicyclic) bond motifs is 2. The van der Waals surface area contributed by atoms with Gasteiger partial charge in [-0.25, -0.2) is 19.2 Å². The van der Waals surface area contributed by atoms with E-state index in [1.165, 1.54) is 35.7 Å². The number of nitrogens with zero attached hydrogens (tertiary/aromatic N) is 5. The van der Waals surface area contributed by atoms with Crippen molar-refractivity contribution in [1.82, 2.24) is 19.9 Å². The van der Waals surface area contributed by atoms with Gasteiger partial charge in [0.1, 0.15) is 33.8 Å². The van der Waals surface area contributed by atoms with Crippen LogP contribution in [0, 0.1) is 5.82 Å². The summed E-state index contributed by atoms with van der Waals surface area (Å²) in [6, 6.07) is 8.70. The number of aliphatic hydroxyl groups is 1. The molecule has 0 fully saturated rings. The number of hydrogen-bond donors (Lipinski definition) is 2. The molecule has 2 N–H and O–H groups in total. The van der Waals surface area contributed by atoms with Gasteiger partial charge in [0.25, 0.3) is 5.88 Å². The fourth-order valence-electron chi connectivity index (χ4n) is 4.27. The number of aromatic nitrogens is 4. The molecule has 1 amide bonds.